The molecule has 0 aliphatic heterocycles. The summed E-state index contributed by atoms with van der Waals surface area (Å²) < 4.78 is 0. The zero-order valence-electron chi connectivity index (χ0n) is 13.1. The van der Waals surface area contributed by atoms with E-state index in [0.29, 0.717) is 0 Å². The van der Waals surface area contributed by atoms with Crippen molar-refractivity contribution >= 4 is 0 Å². The summed E-state index contributed by atoms with van der Waals surface area (Å²) in [6, 6.07) is 21.2. The Kier molecular flexibility index (Phi) is 4.91. The standard InChI is InChI=1S/C20H25NO/c22-17-20(13-7-8-14-20)21(15-18-9-3-1-4-10-18)16-19-11-5-2-6-12-19/h1-6,9-12,22H,7-8,13-17H2. The predicted octanol–water partition coefficient (Wildman–Crippen LogP) is 3.99. The highest BCUT2D eigenvalue weighted by molar-refractivity contribution is 5.18. The van der Waals surface area contributed by atoms with Crippen LogP contribution in [-0.4, -0.2) is 22.2 Å². The smallest absolute Gasteiger partial charge is 0.0615 e. The average molecular weight is 295 g/mol. The molecule has 0 unspecified atom stereocenters. The van der Waals surface area contributed by atoms with Crippen LogP contribution in [0.2, 0.25) is 0 Å². The van der Waals surface area contributed by atoms with Gasteiger partial charge in [-0.3, -0.25) is 4.90 Å². The molecule has 0 atom stereocenters. The van der Waals surface area contributed by atoms with Crippen molar-refractivity contribution in [2.45, 2.75) is 44.3 Å². The molecule has 1 aliphatic rings. The molecule has 0 aromatic heterocycles. The monoisotopic (exact) mass is 295 g/mol. The van der Waals surface area contributed by atoms with E-state index in [-0.39, 0.29) is 12.1 Å². The Morgan fingerprint density at radius 2 is 1.23 bits per heavy atom. The minimum Gasteiger partial charge on any atom is -0.394 e. The fraction of sp³-hybridized carbons (Fsp3) is 0.400. The molecule has 2 nitrogen and oxygen atoms in total. The Morgan fingerprint density at radius 1 is 0.773 bits per heavy atom. The molecule has 2 aromatic rings. The topological polar surface area (TPSA) is 23.5 Å². The third-order valence-electron chi connectivity index (χ3n) is 4.93. The molecule has 2 heteroatoms. The van der Waals surface area contributed by atoms with Gasteiger partial charge in [-0.15, -0.1) is 0 Å². The van der Waals surface area contributed by atoms with Crippen molar-refractivity contribution in [3.63, 3.8) is 0 Å². The first-order valence-corrected chi connectivity index (χ1v) is 8.26. The highest BCUT2D eigenvalue weighted by Crippen LogP contribution is 2.37. The molecule has 116 valence electrons. The van der Waals surface area contributed by atoms with Crippen molar-refractivity contribution in [1.82, 2.24) is 4.90 Å². The predicted molar refractivity (Wildman–Crippen MR) is 90.4 cm³/mol. The molecule has 0 amide bonds. The van der Waals surface area contributed by atoms with Crippen LogP contribution in [-0.2, 0) is 13.1 Å². The van der Waals surface area contributed by atoms with Crippen LogP contribution in [0.1, 0.15) is 36.8 Å². The van der Waals surface area contributed by atoms with Crippen LogP contribution in [0.15, 0.2) is 60.7 Å². The van der Waals surface area contributed by atoms with Crippen LogP contribution >= 0.6 is 0 Å². The molecule has 0 radical (unpaired) electrons. The van der Waals surface area contributed by atoms with Gasteiger partial charge in [0.25, 0.3) is 0 Å². The summed E-state index contributed by atoms with van der Waals surface area (Å²) in [4.78, 5) is 2.49. The van der Waals surface area contributed by atoms with E-state index >= 15 is 0 Å². The Balaban J connectivity index is 1.84. The van der Waals surface area contributed by atoms with E-state index in [1.54, 1.807) is 0 Å². The van der Waals surface area contributed by atoms with E-state index in [0.717, 1.165) is 25.9 Å². The van der Waals surface area contributed by atoms with E-state index < -0.39 is 0 Å². The van der Waals surface area contributed by atoms with Crippen molar-refractivity contribution in [2.75, 3.05) is 6.61 Å². The highest BCUT2D eigenvalue weighted by Gasteiger charge is 2.38. The van der Waals surface area contributed by atoms with Crippen LogP contribution in [0.25, 0.3) is 0 Å². The molecule has 2 aromatic carbocycles. The third-order valence-corrected chi connectivity index (χ3v) is 4.93. The second-order valence-corrected chi connectivity index (χ2v) is 6.42. The summed E-state index contributed by atoms with van der Waals surface area (Å²) in [7, 11) is 0. The zero-order chi connectivity index (χ0) is 15.3. The number of nitrogens with zero attached hydrogens (tertiary/aromatic N) is 1. The Hall–Kier alpha value is -1.64. The van der Waals surface area contributed by atoms with Gasteiger partial charge < -0.3 is 5.11 Å². The fourth-order valence-electron chi connectivity index (χ4n) is 3.61. The van der Waals surface area contributed by atoms with Gasteiger partial charge >= 0.3 is 0 Å². The lowest BCUT2D eigenvalue weighted by molar-refractivity contribution is 0.0208. The van der Waals surface area contributed by atoms with Crippen molar-refractivity contribution in [1.29, 1.82) is 0 Å². The highest BCUT2D eigenvalue weighted by atomic mass is 16.3. The summed E-state index contributed by atoms with van der Waals surface area (Å²) >= 11 is 0. The minimum absolute atomic E-state index is 0.0499. The Morgan fingerprint density at radius 3 is 1.64 bits per heavy atom. The quantitative estimate of drug-likeness (QED) is 0.871. The fourth-order valence-corrected chi connectivity index (χ4v) is 3.61. The van der Waals surface area contributed by atoms with Gasteiger partial charge in [-0.2, -0.15) is 0 Å². The summed E-state index contributed by atoms with van der Waals surface area (Å²) in [6.45, 7) is 2.05. The SMILES string of the molecule is OCC1(N(Cc2ccccc2)Cc2ccccc2)CCCC1. The van der Waals surface area contributed by atoms with Crippen LogP contribution in [0.4, 0.5) is 0 Å². The van der Waals surface area contributed by atoms with Crippen LogP contribution in [0.3, 0.4) is 0 Å². The first kappa shape index (κ1) is 15.3. The van der Waals surface area contributed by atoms with Gasteiger partial charge in [0.2, 0.25) is 0 Å². The van der Waals surface area contributed by atoms with E-state index in [1.165, 1.54) is 24.0 Å². The third kappa shape index (κ3) is 3.40. The second kappa shape index (κ2) is 7.08. The van der Waals surface area contributed by atoms with Gasteiger partial charge in [0.15, 0.2) is 0 Å². The zero-order valence-corrected chi connectivity index (χ0v) is 13.1. The lowest BCUT2D eigenvalue weighted by Crippen LogP contribution is -2.48. The van der Waals surface area contributed by atoms with Crippen molar-refractivity contribution < 1.29 is 5.11 Å². The van der Waals surface area contributed by atoms with Crippen molar-refractivity contribution in [3.05, 3.63) is 71.8 Å². The minimum atomic E-state index is -0.0499. The van der Waals surface area contributed by atoms with Crippen molar-refractivity contribution in [2.24, 2.45) is 0 Å². The van der Waals surface area contributed by atoms with Gasteiger partial charge in [-0.1, -0.05) is 73.5 Å². The Bertz CT molecular complexity index is 519. The normalized spacial score (nSPS) is 17.0. The van der Waals surface area contributed by atoms with E-state index in [4.69, 9.17) is 0 Å². The molecule has 0 heterocycles. The first-order valence-electron chi connectivity index (χ1n) is 8.26. The molecule has 0 saturated heterocycles. The van der Waals surface area contributed by atoms with E-state index in [1.807, 2.05) is 0 Å². The van der Waals surface area contributed by atoms with Crippen LogP contribution in [0, 0.1) is 0 Å². The largest absolute Gasteiger partial charge is 0.394 e. The number of rotatable bonds is 6. The second-order valence-electron chi connectivity index (χ2n) is 6.42. The van der Waals surface area contributed by atoms with Gasteiger partial charge in [0.05, 0.1) is 6.61 Å². The number of hydrogen-bond donors (Lipinski definition) is 1. The molecule has 1 saturated carbocycles. The summed E-state index contributed by atoms with van der Waals surface area (Å²) in [6.07, 6.45) is 4.65. The molecular formula is C20H25NO. The van der Waals surface area contributed by atoms with Crippen molar-refractivity contribution in [3.8, 4) is 0 Å². The van der Waals surface area contributed by atoms with Gasteiger partial charge in [0.1, 0.15) is 0 Å². The maximum atomic E-state index is 10.1. The maximum Gasteiger partial charge on any atom is 0.0615 e. The number of aliphatic hydroxyl groups is 1. The molecule has 22 heavy (non-hydrogen) atoms. The molecule has 0 spiro atoms. The van der Waals surface area contributed by atoms with E-state index in [9.17, 15) is 5.11 Å². The lowest BCUT2D eigenvalue weighted by atomic mass is 9.94. The summed E-state index contributed by atoms with van der Waals surface area (Å²) in [5.41, 5.74) is 2.59. The molecule has 1 aliphatic carbocycles. The molecule has 3 rings (SSSR count). The molecule has 0 bridgehead atoms. The number of benzene rings is 2. The van der Waals surface area contributed by atoms with E-state index in [2.05, 4.69) is 65.6 Å². The van der Waals surface area contributed by atoms with Gasteiger partial charge in [0, 0.05) is 18.6 Å². The average Bonchev–Trinajstić information content (AvgIpc) is 3.06. The summed E-state index contributed by atoms with van der Waals surface area (Å²) in [5, 5.41) is 10.1. The number of aliphatic hydroxyl groups excluding tert-OH is 1. The molecule has 1 N–H and O–H groups in total. The van der Waals surface area contributed by atoms with Crippen LogP contribution in [0.5, 0.6) is 0 Å². The first-order chi connectivity index (χ1) is 10.8. The number of hydrogen-bond acceptors (Lipinski definition) is 2. The van der Waals surface area contributed by atoms with Gasteiger partial charge in [-0.05, 0) is 24.0 Å². The summed E-state index contributed by atoms with van der Waals surface area (Å²) in [5.74, 6) is 0. The van der Waals surface area contributed by atoms with Gasteiger partial charge in [-0.25, -0.2) is 0 Å². The molecule has 1 fully saturated rings. The molecular weight excluding hydrogens is 270 g/mol. The maximum absolute atomic E-state index is 10.1. The van der Waals surface area contributed by atoms with Crippen LogP contribution < -0.4 is 0 Å². The lowest BCUT2D eigenvalue weighted by Gasteiger charge is -2.40. The Labute approximate surface area is 133 Å².